The molecule has 94 valence electrons. The maximum Gasteiger partial charge on any atom is 0.131 e. The van der Waals surface area contributed by atoms with Gasteiger partial charge in [-0.2, -0.15) is 0 Å². The Labute approximate surface area is 111 Å². The highest BCUT2D eigenvalue weighted by Crippen LogP contribution is 2.24. The first-order chi connectivity index (χ1) is 8.69. The molecule has 0 amide bonds. The lowest BCUT2D eigenvalue weighted by Gasteiger charge is -2.18. The Bertz CT molecular complexity index is 513. The molecule has 2 rings (SSSR count). The van der Waals surface area contributed by atoms with Gasteiger partial charge in [0.2, 0.25) is 0 Å². The predicted molar refractivity (Wildman–Crippen MR) is 74.0 cm³/mol. The van der Waals surface area contributed by atoms with E-state index in [1.54, 1.807) is 24.4 Å². The number of nitrogens with one attached hydrogen (secondary N) is 1. The summed E-state index contributed by atoms with van der Waals surface area (Å²) < 4.78 is 0. The van der Waals surface area contributed by atoms with Gasteiger partial charge in [-0.15, -0.1) is 0 Å². The molecule has 1 unspecified atom stereocenters. The van der Waals surface area contributed by atoms with E-state index in [0.29, 0.717) is 5.15 Å². The van der Waals surface area contributed by atoms with Crippen LogP contribution in [0.15, 0.2) is 42.6 Å². The van der Waals surface area contributed by atoms with E-state index in [1.807, 2.05) is 18.2 Å². The third-order valence-corrected chi connectivity index (χ3v) is 2.98. The Morgan fingerprint density at radius 2 is 2.00 bits per heavy atom. The molecule has 1 atom stereocenters. The van der Waals surface area contributed by atoms with E-state index in [4.69, 9.17) is 11.6 Å². The van der Waals surface area contributed by atoms with E-state index in [2.05, 4.69) is 17.2 Å². The molecule has 4 heteroatoms. The zero-order valence-electron chi connectivity index (χ0n) is 10.1. The van der Waals surface area contributed by atoms with Gasteiger partial charge >= 0.3 is 0 Å². The molecule has 0 fully saturated rings. The minimum atomic E-state index is 0.184. The molecule has 0 radical (unpaired) electrons. The molecule has 1 heterocycles. The lowest BCUT2D eigenvalue weighted by Crippen LogP contribution is -2.09. The van der Waals surface area contributed by atoms with Crippen LogP contribution in [0.2, 0.25) is 5.15 Å². The molecular formula is C14H15ClN2O. The summed E-state index contributed by atoms with van der Waals surface area (Å²) in [7, 11) is 0. The smallest absolute Gasteiger partial charge is 0.131 e. The molecule has 1 aromatic carbocycles. The van der Waals surface area contributed by atoms with Crippen molar-refractivity contribution in [1.82, 2.24) is 4.98 Å². The van der Waals surface area contributed by atoms with E-state index >= 15 is 0 Å². The average molecular weight is 263 g/mol. The van der Waals surface area contributed by atoms with Gasteiger partial charge in [0.25, 0.3) is 0 Å². The van der Waals surface area contributed by atoms with Crippen molar-refractivity contribution in [1.29, 1.82) is 0 Å². The first-order valence-corrected chi connectivity index (χ1v) is 6.24. The maximum atomic E-state index is 9.29. The highest BCUT2D eigenvalue weighted by Gasteiger charge is 2.09. The Balaban J connectivity index is 2.17. The quantitative estimate of drug-likeness (QED) is 0.819. The van der Waals surface area contributed by atoms with Crippen LogP contribution in [0.25, 0.3) is 0 Å². The fourth-order valence-corrected chi connectivity index (χ4v) is 2.00. The van der Waals surface area contributed by atoms with Gasteiger partial charge < -0.3 is 10.4 Å². The summed E-state index contributed by atoms with van der Waals surface area (Å²) in [6.07, 6.45) is 2.61. The van der Waals surface area contributed by atoms with E-state index in [1.165, 1.54) is 0 Å². The number of phenols is 1. The zero-order valence-corrected chi connectivity index (χ0v) is 10.9. The molecule has 0 spiro atoms. The van der Waals surface area contributed by atoms with Crippen LogP contribution in [0, 0.1) is 0 Å². The van der Waals surface area contributed by atoms with E-state index in [-0.39, 0.29) is 11.8 Å². The third-order valence-electron chi connectivity index (χ3n) is 2.77. The molecule has 2 N–H and O–H groups in total. The summed E-state index contributed by atoms with van der Waals surface area (Å²) in [5.41, 5.74) is 2.07. The number of phenolic OH excluding ortho intramolecular Hbond substituents is 1. The second-order valence-electron chi connectivity index (χ2n) is 4.06. The standard InChI is InChI=1S/C14H15ClN2O/c1-2-13(10-3-5-12(18)6-4-10)17-11-7-8-16-14(15)9-11/h3-9,13,18H,2H2,1H3,(H,16,17). The first kappa shape index (κ1) is 12.7. The first-order valence-electron chi connectivity index (χ1n) is 5.86. The molecule has 0 saturated carbocycles. The Morgan fingerprint density at radius 3 is 2.61 bits per heavy atom. The third kappa shape index (κ3) is 3.14. The SMILES string of the molecule is CCC(Nc1ccnc(Cl)c1)c1ccc(O)cc1. The van der Waals surface area contributed by atoms with Crippen molar-refractivity contribution in [3.63, 3.8) is 0 Å². The van der Waals surface area contributed by atoms with Gasteiger partial charge in [-0.1, -0.05) is 30.7 Å². The number of pyridine rings is 1. The van der Waals surface area contributed by atoms with Crippen molar-refractivity contribution in [2.24, 2.45) is 0 Å². The Morgan fingerprint density at radius 1 is 1.28 bits per heavy atom. The van der Waals surface area contributed by atoms with Gasteiger partial charge in [-0.3, -0.25) is 0 Å². The summed E-state index contributed by atoms with van der Waals surface area (Å²) in [6, 6.07) is 11.1. The minimum Gasteiger partial charge on any atom is -0.508 e. The van der Waals surface area contributed by atoms with E-state index in [0.717, 1.165) is 17.7 Å². The Hall–Kier alpha value is -1.74. The number of nitrogens with zero attached hydrogens (tertiary/aromatic N) is 1. The van der Waals surface area contributed by atoms with Crippen molar-refractivity contribution in [3.8, 4) is 5.75 Å². The monoisotopic (exact) mass is 262 g/mol. The van der Waals surface area contributed by atoms with Crippen LogP contribution in [0.1, 0.15) is 24.9 Å². The van der Waals surface area contributed by atoms with Crippen LogP contribution in [0.5, 0.6) is 5.75 Å². The van der Waals surface area contributed by atoms with E-state index < -0.39 is 0 Å². The number of aromatic hydroxyl groups is 1. The van der Waals surface area contributed by atoms with Crippen molar-refractivity contribution in [2.45, 2.75) is 19.4 Å². The summed E-state index contributed by atoms with van der Waals surface area (Å²) in [6.45, 7) is 2.10. The number of aromatic nitrogens is 1. The molecule has 1 aromatic heterocycles. The van der Waals surface area contributed by atoms with Crippen molar-refractivity contribution in [3.05, 3.63) is 53.3 Å². The normalized spacial score (nSPS) is 12.1. The number of benzene rings is 1. The predicted octanol–water partition coefficient (Wildman–Crippen LogP) is 4.00. The van der Waals surface area contributed by atoms with Crippen molar-refractivity contribution in [2.75, 3.05) is 5.32 Å². The summed E-state index contributed by atoms with van der Waals surface area (Å²) in [5, 5.41) is 13.2. The van der Waals surface area contributed by atoms with Gasteiger partial charge in [0.15, 0.2) is 0 Å². The highest BCUT2D eigenvalue weighted by molar-refractivity contribution is 6.29. The number of rotatable bonds is 4. The second kappa shape index (κ2) is 5.74. The molecule has 0 aliphatic heterocycles. The summed E-state index contributed by atoms with van der Waals surface area (Å²) in [5.74, 6) is 0.278. The zero-order chi connectivity index (χ0) is 13.0. The number of hydrogen-bond donors (Lipinski definition) is 2. The van der Waals surface area contributed by atoms with Gasteiger partial charge in [-0.25, -0.2) is 4.98 Å². The summed E-state index contributed by atoms with van der Waals surface area (Å²) >= 11 is 5.85. The molecular weight excluding hydrogens is 248 g/mol. The number of anilines is 1. The van der Waals surface area contributed by atoms with Crippen LogP contribution in [0.4, 0.5) is 5.69 Å². The van der Waals surface area contributed by atoms with Crippen LogP contribution in [-0.4, -0.2) is 10.1 Å². The maximum absolute atomic E-state index is 9.29. The highest BCUT2D eigenvalue weighted by atomic mass is 35.5. The fraction of sp³-hybridized carbons (Fsp3) is 0.214. The van der Waals surface area contributed by atoms with Crippen LogP contribution in [-0.2, 0) is 0 Å². The topological polar surface area (TPSA) is 45.2 Å². The molecule has 0 aliphatic rings. The average Bonchev–Trinajstić information content (AvgIpc) is 2.37. The molecule has 18 heavy (non-hydrogen) atoms. The Kier molecular flexibility index (Phi) is 4.05. The van der Waals surface area contributed by atoms with Crippen molar-refractivity contribution < 1.29 is 5.11 Å². The second-order valence-corrected chi connectivity index (χ2v) is 4.45. The summed E-state index contributed by atoms with van der Waals surface area (Å²) in [4.78, 5) is 3.95. The number of hydrogen-bond acceptors (Lipinski definition) is 3. The number of halogens is 1. The largest absolute Gasteiger partial charge is 0.508 e. The minimum absolute atomic E-state index is 0.184. The molecule has 0 bridgehead atoms. The van der Waals surface area contributed by atoms with E-state index in [9.17, 15) is 5.11 Å². The lowest BCUT2D eigenvalue weighted by molar-refractivity contribution is 0.475. The van der Waals surface area contributed by atoms with Crippen LogP contribution < -0.4 is 5.32 Å². The lowest BCUT2D eigenvalue weighted by atomic mass is 10.0. The molecule has 3 nitrogen and oxygen atoms in total. The van der Waals surface area contributed by atoms with Gasteiger partial charge in [0.1, 0.15) is 10.9 Å². The van der Waals surface area contributed by atoms with Gasteiger partial charge in [-0.05, 0) is 36.2 Å². The van der Waals surface area contributed by atoms with Crippen LogP contribution >= 0.6 is 11.6 Å². The van der Waals surface area contributed by atoms with Crippen molar-refractivity contribution >= 4 is 17.3 Å². The molecule has 2 aromatic rings. The van der Waals surface area contributed by atoms with Gasteiger partial charge in [0, 0.05) is 11.9 Å². The molecule has 0 saturated heterocycles. The van der Waals surface area contributed by atoms with Crippen LogP contribution in [0.3, 0.4) is 0 Å². The van der Waals surface area contributed by atoms with Gasteiger partial charge in [0.05, 0.1) is 6.04 Å². The molecule has 0 aliphatic carbocycles. The fourth-order valence-electron chi connectivity index (χ4n) is 1.82.